The molecule has 94 heavy (non-hydrogen) atoms. The molecule has 1 aromatic heterocycles. The molecule has 3 aromatic carbocycles. The van der Waals surface area contributed by atoms with Crippen molar-refractivity contribution in [3.05, 3.63) is 133 Å². The summed E-state index contributed by atoms with van der Waals surface area (Å²) < 4.78 is 53.4. The Morgan fingerprint density at radius 3 is 2.47 bits per heavy atom. The van der Waals surface area contributed by atoms with Crippen LogP contribution in [0.3, 0.4) is 0 Å². The van der Waals surface area contributed by atoms with Gasteiger partial charge in [-0.2, -0.15) is 0 Å². The zero-order valence-electron chi connectivity index (χ0n) is 54.3. The van der Waals surface area contributed by atoms with Crippen molar-refractivity contribution in [2.75, 3.05) is 90.9 Å². The standard InChI is InChI=1S/C65H83N8O16PS4/c1-11-66-50-33-52-48(30-40(50)3)60(49-31-41(4)51(67-12-2)34-53(49)88-52)46-21-13-14-22-47(46)63(78)72(9)27-17-23-56(74)69-25-26-70-61(76)43-18-15-20-45(32-43)85-39-59(93-94-65(6,7)8)84-29-28-83-38-57(75)68-24-16-19-44-36-73(64(79)71-62(44)77)58-35-54(87-42(5)92-91-10)55(89-58)37-86-90(80,81)82/h13-15,18,20-22,30-34,36,42,54-55,58-59,66H,11-12,17,23-29,35,37-39H2,1-10H3,(H,68,75)(H,69,74)(H,70,76)(H,71,77,79)(H2,80,81,82)/t42-,54?,55-,58-,59?/m1/s1. The third kappa shape index (κ3) is 22.5. The number of aromatic amines is 1. The minimum atomic E-state index is -4.84. The first kappa shape index (κ1) is 74.8. The number of rotatable bonds is 33. The van der Waals surface area contributed by atoms with Crippen LogP contribution >= 0.6 is 51.0 Å². The van der Waals surface area contributed by atoms with Gasteiger partial charge in [0.1, 0.15) is 59.1 Å². The van der Waals surface area contributed by atoms with Gasteiger partial charge in [-0.15, -0.1) is 0 Å². The van der Waals surface area contributed by atoms with Crippen LogP contribution in [0.25, 0.3) is 33.4 Å². The lowest BCUT2D eigenvalue weighted by Crippen LogP contribution is -2.35. The molecule has 0 radical (unpaired) electrons. The number of fused-ring (bicyclic) bond motifs is 2. The summed E-state index contributed by atoms with van der Waals surface area (Å²) in [4.78, 5) is 106. The van der Waals surface area contributed by atoms with Crippen LogP contribution in [-0.4, -0.2) is 161 Å². The Morgan fingerprint density at radius 2 is 1.72 bits per heavy atom. The smallest absolute Gasteiger partial charge is 0.469 e. The van der Waals surface area contributed by atoms with E-state index < -0.39 is 55.5 Å². The molecule has 5 atom stereocenters. The highest BCUT2D eigenvalue weighted by Gasteiger charge is 2.40. The van der Waals surface area contributed by atoms with Crippen molar-refractivity contribution >= 4 is 91.3 Å². The van der Waals surface area contributed by atoms with Crippen LogP contribution in [0.1, 0.15) is 104 Å². The molecule has 3 heterocycles. The molecule has 1 fully saturated rings. The summed E-state index contributed by atoms with van der Waals surface area (Å²) in [6, 6.07) is 22.5. The first-order valence-corrected chi connectivity index (χ1v) is 37.0. The zero-order chi connectivity index (χ0) is 68.1. The van der Waals surface area contributed by atoms with E-state index in [1.165, 1.54) is 38.6 Å². The molecule has 0 spiro atoms. The minimum Gasteiger partial charge on any atom is -0.490 e. The van der Waals surface area contributed by atoms with E-state index in [1.807, 2.05) is 63.4 Å². The molecule has 7 N–H and O–H groups in total. The van der Waals surface area contributed by atoms with Gasteiger partial charge in [-0.3, -0.25) is 43.0 Å². The molecule has 1 aliphatic carbocycles. The minimum absolute atomic E-state index is 0.0632. The summed E-state index contributed by atoms with van der Waals surface area (Å²) in [6.45, 7) is 17.5. The Morgan fingerprint density at radius 1 is 0.947 bits per heavy atom. The van der Waals surface area contributed by atoms with Gasteiger partial charge in [0.25, 0.3) is 17.4 Å². The van der Waals surface area contributed by atoms with Crippen LogP contribution < -0.4 is 42.6 Å². The lowest BCUT2D eigenvalue weighted by Gasteiger charge is -2.22. The van der Waals surface area contributed by atoms with Gasteiger partial charge < -0.3 is 64.1 Å². The number of aromatic nitrogens is 2. The molecular weight excluding hydrogens is 1310 g/mol. The molecule has 2 aliphatic heterocycles. The van der Waals surface area contributed by atoms with E-state index in [4.69, 9.17) is 33.1 Å². The Balaban J connectivity index is 0.829. The Kier molecular flexibility index (Phi) is 28.6. The zero-order valence-corrected chi connectivity index (χ0v) is 58.5. The van der Waals surface area contributed by atoms with E-state index in [0.29, 0.717) is 47.7 Å². The molecule has 4 aromatic rings. The van der Waals surface area contributed by atoms with Gasteiger partial charge in [0.05, 0.1) is 37.8 Å². The Labute approximate surface area is 562 Å². The van der Waals surface area contributed by atoms with Crippen LogP contribution in [0, 0.1) is 25.7 Å². The predicted molar refractivity (Wildman–Crippen MR) is 370 cm³/mol. The Bertz CT molecular complexity index is 3880. The molecule has 7 rings (SSSR count). The maximum Gasteiger partial charge on any atom is 0.469 e. The van der Waals surface area contributed by atoms with E-state index in [1.54, 1.807) is 53.9 Å². The highest BCUT2D eigenvalue weighted by molar-refractivity contribution is 8.77. The monoisotopic (exact) mass is 1390 g/mol. The topological polar surface area (TPSA) is 313 Å². The first-order valence-electron chi connectivity index (χ1n) is 30.6. The van der Waals surface area contributed by atoms with Crippen molar-refractivity contribution in [3.63, 3.8) is 0 Å². The fraction of sp³-hybridized carbons (Fsp3) is 0.462. The summed E-state index contributed by atoms with van der Waals surface area (Å²) in [7, 11) is 2.84. The largest absolute Gasteiger partial charge is 0.490 e. The molecule has 0 bridgehead atoms. The fourth-order valence-electron chi connectivity index (χ4n) is 9.90. The van der Waals surface area contributed by atoms with Crippen LogP contribution in [0.4, 0.5) is 5.69 Å². The summed E-state index contributed by atoms with van der Waals surface area (Å²) >= 11 is 0. The predicted octanol–water partition coefficient (Wildman–Crippen LogP) is 8.65. The Hall–Kier alpha value is -6.58. The van der Waals surface area contributed by atoms with Crippen LogP contribution in [0.15, 0.2) is 98.0 Å². The molecular formula is C65H83N8O16PS4. The molecule has 29 heteroatoms. The highest BCUT2D eigenvalue weighted by Crippen LogP contribution is 2.44. The fourth-order valence-corrected chi connectivity index (χ4v) is 13.8. The molecule has 1 saturated heterocycles. The van der Waals surface area contributed by atoms with E-state index in [9.17, 15) is 43.1 Å². The number of ether oxygens (including phenoxy) is 5. The van der Waals surface area contributed by atoms with Gasteiger partial charge in [0.15, 0.2) is 0 Å². The SMILES string of the molecule is CCN=c1cc2oc3cc(NCC)c(C)cc3c(-c3ccccc3C(=O)N(C)CCCC(=O)NCCNC(=O)c3cccc(OCC(OCCOCC(=O)NCC#Cc4cn([C@H]5CC(O[C@@H](C)SSC)[C@@H](COP(=O)(O)O)O5)c(=O)[nH]c4=O)SSC(C)(C)C)c3)c-2cc1C. The lowest BCUT2D eigenvalue weighted by molar-refractivity contribution is -0.126. The summed E-state index contributed by atoms with van der Waals surface area (Å²) in [5.41, 5.74) is 4.62. The van der Waals surface area contributed by atoms with E-state index in [2.05, 4.69) is 82.4 Å². The number of hydrogen-bond acceptors (Lipinski definition) is 20. The average Bonchev–Trinajstić information content (AvgIpc) is 0.897. The van der Waals surface area contributed by atoms with Crippen molar-refractivity contribution in [1.82, 2.24) is 30.4 Å². The molecule has 2 unspecified atom stereocenters. The second-order valence-electron chi connectivity index (χ2n) is 22.7. The van der Waals surface area contributed by atoms with Crippen molar-refractivity contribution in [1.29, 1.82) is 0 Å². The van der Waals surface area contributed by atoms with Gasteiger partial charge >= 0.3 is 13.5 Å². The number of phosphoric ester groups is 1. The number of aryl methyl sites for hydroxylation is 2. The van der Waals surface area contributed by atoms with Crippen molar-refractivity contribution in [2.45, 2.75) is 109 Å². The van der Waals surface area contributed by atoms with E-state index in [-0.39, 0.29) is 92.4 Å². The summed E-state index contributed by atoms with van der Waals surface area (Å²) in [6.07, 6.45) is 1.09. The average molecular weight is 1390 g/mol. The van der Waals surface area contributed by atoms with Gasteiger partial charge in [0, 0.05) is 109 Å². The second kappa shape index (κ2) is 36.0. The van der Waals surface area contributed by atoms with Gasteiger partial charge in [0.2, 0.25) is 11.8 Å². The van der Waals surface area contributed by atoms with Crippen molar-refractivity contribution in [2.24, 2.45) is 4.99 Å². The maximum absolute atomic E-state index is 14.3. The van der Waals surface area contributed by atoms with E-state index >= 15 is 0 Å². The second-order valence-corrected chi connectivity index (χ2v) is 29.9. The van der Waals surface area contributed by atoms with Gasteiger partial charge in [-0.05, 0) is 100 Å². The quantitative estimate of drug-likeness (QED) is 0.00506. The molecule has 24 nitrogen and oxygen atoms in total. The first-order chi connectivity index (χ1) is 44.8. The highest BCUT2D eigenvalue weighted by atomic mass is 33.1. The number of nitrogens with zero attached hydrogens (tertiary/aromatic N) is 3. The summed E-state index contributed by atoms with van der Waals surface area (Å²) in [5.74, 6) is 5.19. The van der Waals surface area contributed by atoms with Gasteiger partial charge in [-0.25, -0.2) is 9.36 Å². The number of benzene rings is 4. The molecule has 4 amide bonds. The number of carbonyl (C=O) groups excluding carboxylic acids is 4. The lowest BCUT2D eigenvalue weighted by atomic mass is 9.89. The number of carbonyl (C=O) groups is 4. The van der Waals surface area contributed by atoms with Crippen molar-refractivity contribution in [3.8, 4) is 40.0 Å². The van der Waals surface area contributed by atoms with Crippen LogP contribution in [0.2, 0.25) is 0 Å². The number of nitrogens with one attached hydrogen (secondary N) is 5. The van der Waals surface area contributed by atoms with Crippen molar-refractivity contribution < 1.29 is 66.2 Å². The van der Waals surface area contributed by atoms with Gasteiger partial charge in [-0.1, -0.05) is 100 Å². The number of H-pyrrole nitrogens is 1. The third-order valence-corrected chi connectivity index (χ3v) is 20.2. The number of phosphoric acid groups is 1. The summed E-state index contributed by atoms with van der Waals surface area (Å²) in [5, 5.41) is 13.5. The number of amides is 4. The molecule has 0 saturated carbocycles. The van der Waals surface area contributed by atoms with Crippen LogP contribution in [-0.2, 0) is 37.6 Å². The molecule has 3 aliphatic rings. The number of anilines is 1. The number of hydrogen-bond donors (Lipinski definition) is 7. The maximum atomic E-state index is 14.3. The van der Waals surface area contributed by atoms with E-state index in [0.717, 1.165) is 55.4 Å². The third-order valence-electron chi connectivity index (χ3n) is 14.2. The molecule has 508 valence electrons. The normalized spacial score (nSPS) is 15.7. The van der Waals surface area contributed by atoms with Crippen LogP contribution in [0.5, 0.6) is 5.75 Å².